The Morgan fingerprint density at radius 2 is 2.32 bits per heavy atom. The van der Waals surface area contributed by atoms with Crippen LogP contribution in [0.3, 0.4) is 0 Å². The molecule has 19 heavy (non-hydrogen) atoms. The maximum atomic E-state index is 4.29. The van der Waals surface area contributed by atoms with Crippen LogP contribution in [0.2, 0.25) is 0 Å². The third-order valence-corrected chi connectivity index (χ3v) is 3.29. The second-order valence-corrected chi connectivity index (χ2v) is 5.29. The second kappa shape index (κ2) is 5.08. The Bertz CT molecular complexity index is 540. The summed E-state index contributed by atoms with van der Waals surface area (Å²) in [5.74, 6) is 0.922. The number of rotatable bonds is 6. The zero-order valence-electron chi connectivity index (χ0n) is 11.3. The SMILES string of the molecule is Cc1cnn(C[C@H](C)NCc2nnnn2C2CC2)c1. The van der Waals surface area contributed by atoms with Gasteiger partial charge in [-0.15, -0.1) is 5.10 Å². The van der Waals surface area contributed by atoms with Crippen LogP contribution in [0.1, 0.15) is 37.2 Å². The van der Waals surface area contributed by atoms with Crippen molar-refractivity contribution in [3.05, 3.63) is 23.8 Å². The summed E-state index contributed by atoms with van der Waals surface area (Å²) < 4.78 is 3.90. The van der Waals surface area contributed by atoms with Gasteiger partial charge < -0.3 is 5.32 Å². The van der Waals surface area contributed by atoms with Gasteiger partial charge in [-0.25, -0.2) is 4.68 Å². The molecule has 0 saturated heterocycles. The van der Waals surface area contributed by atoms with Crippen molar-refractivity contribution in [2.24, 2.45) is 0 Å². The molecule has 3 rings (SSSR count). The van der Waals surface area contributed by atoms with E-state index in [0.717, 1.165) is 12.4 Å². The largest absolute Gasteiger partial charge is 0.305 e. The summed E-state index contributed by atoms with van der Waals surface area (Å²) in [6.07, 6.45) is 6.31. The Morgan fingerprint density at radius 3 is 3.00 bits per heavy atom. The molecule has 0 amide bonds. The molecular formula is C12H19N7. The van der Waals surface area contributed by atoms with Crippen LogP contribution in [0.25, 0.3) is 0 Å². The molecule has 1 aliphatic rings. The van der Waals surface area contributed by atoms with Gasteiger partial charge in [0.05, 0.1) is 25.3 Å². The first-order chi connectivity index (χ1) is 9.22. The molecule has 0 aliphatic heterocycles. The van der Waals surface area contributed by atoms with E-state index in [1.165, 1.54) is 18.4 Å². The monoisotopic (exact) mass is 261 g/mol. The molecule has 2 aromatic rings. The van der Waals surface area contributed by atoms with Crippen molar-refractivity contribution in [1.29, 1.82) is 0 Å². The van der Waals surface area contributed by atoms with Gasteiger partial charge in [0.25, 0.3) is 0 Å². The highest BCUT2D eigenvalue weighted by Gasteiger charge is 2.27. The summed E-state index contributed by atoms with van der Waals surface area (Å²) in [5.41, 5.74) is 1.19. The Labute approximate surface area is 112 Å². The maximum Gasteiger partial charge on any atom is 0.165 e. The molecule has 2 aromatic heterocycles. The van der Waals surface area contributed by atoms with Crippen LogP contribution in [-0.4, -0.2) is 36.0 Å². The van der Waals surface area contributed by atoms with Gasteiger partial charge in [-0.2, -0.15) is 5.10 Å². The van der Waals surface area contributed by atoms with Gasteiger partial charge in [-0.3, -0.25) is 4.68 Å². The number of aromatic nitrogens is 6. The minimum atomic E-state index is 0.323. The molecule has 1 saturated carbocycles. The molecular weight excluding hydrogens is 242 g/mol. The van der Waals surface area contributed by atoms with Gasteiger partial charge in [0, 0.05) is 12.2 Å². The van der Waals surface area contributed by atoms with Crippen LogP contribution >= 0.6 is 0 Å². The summed E-state index contributed by atoms with van der Waals surface area (Å²) in [5, 5.41) is 19.6. The standard InChI is InChI=1S/C12H19N7/c1-9-5-14-18(7-9)8-10(2)13-6-12-15-16-17-19(12)11-3-4-11/h5,7,10-11,13H,3-4,6,8H2,1-2H3/t10-/m0/s1. The fourth-order valence-electron chi connectivity index (χ4n) is 2.11. The lowest BCUT2D eigenvalue weighted by atomic mass is 10.3. The molecule has 2 heterocycles. The smallest absolute Gasteiger partial charge is 0.165 e. The minimum Gasteiger partial charge on any atom is -0.305 e. The lowest BCUT2D eigenvalue weighted by Crippen LogP contribution is -2.31. The predicted octanol–water partition coefficient (Wildman–Crippen LogP) is 0.691. The molecule has 1 N–H and O–H groups in total. The third-order valence-electron chi connectivity index (χ3n) is 3.29. The Morgan fingerprint density at radius 1 is 1.47 bits per heavy atom. The zero-order valence-corrected chi connectivity index (χ0v) is 11.3. The van der Waals surface area contributed by atoms with Crippen LogP contribution in [0.4, 0.5) is 0 Å². The second-order valence-electron chi connectivity index (χ2n) is 5.29. The molecule has 1 fully saturated rings. The van der Waals surface area contributed by atoms with Crippen molar-refractivity contribution in [2.45, 2.75) is 51.9 Å². The molecule has 102 valence electrons. The number of tetrazole rings is 1. The Balaban J connectivity index is 1.52. The number of hydrogen-bond acceptors (Lipinski definition) is 5. The zero-order chi connectivity index (χ0) is 13.2. The lowest BCUT2D eigenvalue weighted by molar-refractivity contribution is 0.436. The summed E-state index contributed by atoms with van der Waals surface area (Å²) in [6, 6.07) is 0.847. The first-order valence-electron chi connectivity index (χ1n) is 6.71. The molecule has 0 aromatic carbocycles. The average molecular weight is 261 g/mol. The van der Waals surface area contributed by atoms with Crippen molar-refractivity contribution >= 4 is 0 Å². The maximum absolute atomic E-state index is 4.29. The van der Waals surface area contributed by atoms with Crippen molar-refractivity contribution in [1.82, 2.24) is 35.3 Å². The molecule has 0 bridgehead atoms. The molecule has 7 nitrogen and oxygen atoms in total. The normalized spacial score (nSPS) is 16.7. The van der Waals surface area contributed by atoms with E-state index in [0.29, 0.717) is 18.6 Å². The summed E-state index contributed by atoms with van der Waals surface area (Å²) in [6.45, 7) is 5.73. The molecule has 1 aliphatic carbocycles. The highest BCUT2D eigenvalue weighted by molar-refractivity contribution is 4.99. The van der Waals surface area contributed by atoms with Gasteiger partial charge in [0.2, 0.25) is 0 Å². The van der Waals surface area contributed by atoms with E-state index >= 15 is 0 Å². The van der Waals surface area contributed by atoms with Crippen LogP contribution in [-0.2, 0) is 13.1 Å². The molecule has 7 heteroatoms. The van der Waals surface area contributed by atoms with Gasteiger partial charge in [-0.1, -0.05) is 0 Å². The molecule has 0 unspecified atom stereocenters. The topological polar surface area (TPSA) is 73.5 Å². The number of nitrogens with zero attached hydrogens (tertiary/aromatic N) is 6. The average Bonchev–Trinajstić information content (AvgIpc) is 2.98. The fraction of sp³-hybridized carbons (Fsp3) is 0.667. The molecule has 0 radical (unpaired) electrons. The first-order valence-corrected chi connectivity index (χ1v) is 6.71. The van der Waals surface area contributed by atoms with E-state index in [-0.39, 0.29) is 0 Å². The number of aryl methyl sites for hydroxylation is 1. The summed E-state index contributed by atoms with van der Waals surface area (Å²) in [7, 11) is 0. The van der Waals surface area contributed by atoms with E-state index in [2.05, 4.69) is 32.9 Å². The van der Waals surface area contributed by atoms with Crippen molar-refractivity contribution < 1.29 is 0 Å². The quantitative estimate of drug-likeness (QED) is 0.828. The highest BCUT2D eigenvalue weighted by Crippen LogP contribution is 2.34. The first kappa shape index (κ1) is 12.3. The summed E-state index contributed by atoms with van der Waals surface area (Å²) in [4.78, 5) is 0. The molecule has 0 spiro atoms. The van der Waals surface area contributed by atoms with E-state index in [4.69, 9.17) is 0 Å². The van der Waals surface area contributed by atoms with Crippen LogP contribution in [0, 0.1) is 6.92 Å². The lowest BCUT2D eigenvalue weighted by Gasteiger charge is -2.13. The van der Waals surface area contributed by atoms with Gasteiger partial charge in [0.15, 0.2) is 5.82 Å². The van der Waals surface area contributed by atoms with E-state index in [1.807, 2.05) is 28.7 Å². The van der Waals surface area contributed by atoms with Gasteiger partial charge in [0.1, 0.15) is 0 Å². The Kier molecular flexibility index (Phi) is 3.29. The van der Waals surface area contributed by atoms with Crippen molar-refractivity contribution in [3.63, 3.8) is 0 Å². The van der Waals surface area contributed by atoms with Crippen LogP contribution < -0.4 is 5.32 Å². The van der Waals surface area contributed by atoms with Crippen molar-refractivity contribution in [3.8, 4) is 0 Å². The van der Waals surface area contributed by atoms with Gasteiger partial charge >= 0.3 is 0 Å². The summed E-state index contributed by atoms with van der Waals surface area (Å²) >= 11 is 0. The van der Waals surface area contributed by atoms with Gasteiger partial charge in [-0.05, 0) is 42.7 Å². The number of hydrogen-bond donors (Lipinski definition) is 1. The third kappa shape index (κ3) is 2.98. The highest BCUT2D eigenvalue weighted by atomic mass is 15.6. The Hall–Kier alpha value is -1.76. The fourth-order valence-corrected chi connectivity index (χ4v) is 2.11. The van der Waals surface area contributed by atoms with Crippen LogP contribution in [0.5, 0.6) is 0 Å². The van der Waals surface area contributed by atoms with Crippen LogP contribution in [0.15, 0.2) is 12.4 Å². The van der Waals surface area contributed by atoms with E-state index in [9.17, 15) is 0 Å². The molecule has 1 atom stereocenters. The van der Waals surface area contributed by atoms with E-state index < -0.39 is 0 Å². The van der Waals surface area contributed by atoms with E-state index in [1.54, 1.807) is 0 Å². The number of nitrogens with one attached hydrogen (secondary N) is 1. The minimum absolute atomic E-state index is 0.323. The van der Waals surface area contributed by atoms with Crippen molar-refractivity contribution in [2.75, 3.05) is 0 Å². The predicted molar refractivity (Wildman–Crippen MR) is 69.4 cm³/mol.